The van der Waals surface area contributed by atoms with E-state index < -0.39 is 0 Å². The van der Waals surface area contributed by atoms with Gasteiger partial charge in [0.1, 0.15) is 11.5 Å². The van der Waals surface area contributed by atoms with Gasteiger partial charge in [0.15, 0.2) is 0 Å². The van der Waals surface area contributed by atoms with Gasteiger partial charge in [-0.15, -0.1) is 0 Å². The Balaban J connectivity index is 1.09. The summed E-state index contributed by atoms with van der Waals surface area (Å²) in [5.41, 5.74) is 13.1. The second-order valence-electron chi connectivity index (χ2n) is 13.7. The lowest BCUT2D eigenvalue weighted by molar-refractivity contribution is 0.487. The maximum atomic E-state index is 6.39. The molecule has 0 amide bonds. The van der Waals surface area contributed by atoms with Gasteiger partial charge >= 0.3 is 0 Å². The Hall–Kier alpha value is -6.78. The number of rotatable bonds is 4. The second-order valence-corrected chi connectivity index (χ2v) is 13.7. The first-order chi connectivity index (χ1) is 25.8. The normalized spacial score (nSPS) is 12.3. The molecule has 2 aromatic heterocycles. The Bertz CT molecular complexity index is 2930. The molecule has 11 rings (SSSR count). The Labute approximate surface area is 301 Å². The van der Waals surface area contributed by atoms with Crippen LogP contribution in [0.2, 0.25) is 0 Å². The van der Waals surface area contributed by atoms with Crippen LogP contribution in [0.5, 0.6) is 11.5 Å². The first kappa shape index (κ1) is 29.0. The summed E-state index contributed by atoms with van der Waals surface area (Å²) >= 11 is 0. The smallest absolute Gasteiger partial charge is 0.251 e. The highest BCUT2D eigenvalue weighted by Crippen LogP contribution is 2.37. The Morgan fingerprint density at radius 2 is 0.827 bits per heavy atom. The fraction of sp³-hybridized carbons (Fsp3) is 0. The van der Waals surface area contributed by atoms with E-state index in [2.05, 4.69) is 197 Å². The van der Waals surface area contributed by atoms with Crippen LogP contribution in [0.1, 0.15) is 0 Å². The summed E-state index contributed by atoms with van der Waals surface area (Å²) < 4.78 is 11.2. The summed E-state index contributed by atoms with van der Waals surface area (Å²) in [5, 5.41) is 5.01. The van der Waals surface area contributed by atoms with Crippen LogP contribution in [0.25, 0.3) is 66.1 Å². The minimum Gasteiger partial charge on any atom is -0.458 e. The average Bonchev–Trinajstić information content (AvgIpc) is 3.73. The second kappa shape index (κ2) is 11.4. The molecule has 0 spiro atoms. The van der Waals surface area contributed by atoms with Gasteiger partial charge in [-0.3, -0.25) is 0 Å². The first-order valence-corrected chi connectivity index (χ1v) is 17.9. The third-order valence-corrected chi connectivity index (χ3v) is 10.9. The molecule has 0 bridgehead atoms. The molecular formula is C48H31BN2O. The van der Waals surface area contributed by atoms with Crippen molar-refractivity contribution in [3.8, 4) is 34.0 Å². The quantitative estimate of drug-likeness (QED) is 0.172. The van der Waals surface area contributed by atoms with Gasteiger partial charge in [-0.25, -0.2) is 0 Å². The first-order valence-electron chi connectivity index (χ1n) is 17.9. The van der Waals surface area contributed by atoms with Crippen molar-refractivity contribution in [2.75, 3.05) is 0 Å². The maximum absolute atomic E-state index is 6.39. The molecule has 0 unspecified atom stereocenters. The van der Waals surface area contributed by atoms with Crippen LogP contribution in [0.4, 0.5) is 0 Å². The molecule has 3 heterocycles. The van der Waals surface area contributed by atoms with E-state index in [4.69, 9.17) is 4.74 Å². The number of ether oxygens (including phenoxy) is 1. The number of para-hydroxylation sites is 5. The van der Waals surface area contributed by atoms with E-state index in [-0.39, 0.29) is 6.71 Å². The minimum atomic E-state index is 0.0496. The average molecular weight is 663 g/mol. The topological polar surface area (TPSA) is 19.1 Å². The highest BCUT2D eigenvalue weighted by atomic mass is 16.5. The zero-order valence-corrected chi connectivity index (χ0v) is 28.3. The lowest BCUT2D eigenvalue weighted by Crippen LogP contribution is -2.55. The van der Waals surface area contributed by atoms with E-state index in [1.54, 1.807) is 0 Å². The van der Waals surface area contributed by atoms with Crippen molar-refractivity contribution in [2.24, 2.45) is 0 Å². The van der Waals surface area contributed by atoms with E-state index in [9.17, 15) is 0 Å². The lowest BCUT2D eigenvalue weighted by atomic mass is 9.35. The molecule has 0 N–H and O–H groups in total. The van der Waals surface area contributed by atoms with Crippen molar-refractivity contribution in [1.82, 2.24) is 9.13 Å². The summed E-state index contributed by atoms with van der Waals surface area (Å²) in [5.74, 6) is 1.83. The zero-order valence-electron chi connectivity index (χ0n) is 28.3. The van der Waals surface area contributed by atoms with Crippen LogP contribution in [-0.4, -0.2) is 15.8 Å². The molecule has 4 heteroatoms. The van der Waals surface area contributed by atoms with Crippen LogP contribution in [-0.2, 0) is 0 Å². The van der Waals surface area contributed by atoms with E-state index in [0.29, 0.717) is 0 Å². The Morgan fingerprint density at radius 3 is 1.46 bits per heavy atom. The molecule has 8 aromatic carbocycles. The van der Waals surface area contributed by atoms with Crippen molar-refractivity contribution >= 4 is 66.7 Å². The van der Waals surface area contributed by atoms with Crippen molar-refractivity contribution in [3.63, 3.8) is 0 Å². The van der Waals surface area contributed by atoms with E-state index in [0.717, 1.165) is 22.9 Å². The molecule has 0 saturated heterocycles. The summed E-state index contributed by atoms with van der Waals surface area (Å²) in [6.45, 7) is 0.0496. The fourth-order valence-corrected chi connectivity index (χ4v) is 8.65. The standard InChI is InChI=1S/C48H31BN2O/c1-5-20-40(49-41-21-6-11-26-47(41)52-48-27-12-7-22-42(48)49)35(16-1)32-14-13-15-33(30-32)50-45-25-10-4-19-38(45)39-31-34(28-29-46(39)50)51-43-23-8-2-17-36(43)37-18-3-9-24-44(37)51/h1-31H. The van der Waals surface area contributed by atoms with Gasteiger partial charge in [-0.2, -0.15) is 0 Å². The predicted molar refractivity (Wildman–Crippen MR) is 218 cm³/mol. The summed E-state index contributed by atoms with van der Waals surface area (Å²) in [7, 11) is 0. The molecule has 0 aliphatic carbocycles. The zero-order chi connectivity index (χ0) is 34.2. The molecule has 1 aliphatic heterocycles. The molecule has 10 aromatic rings. The third-order valence-electron chi connectivity index (χ3n) is 10.9. The van der Waals surface area contributed by atoms with E-state index in [1.165, 1.54) is 71.1 Å². The Morgan fingerprint density at radius 1 is 0.346 bits per heavy atom. The van der Waals surface area contributed by atoms with Gasteiger partial charge in [0.05, 0.1) is 22.1 Å². The molecule has 0 saturated carbocycles. The predicted octanol–water partition coefficient (Wildman–Crippen LogP) is 10.2. The van der Waals surface area contributed by atoms with Gasteiger partial charge in [0.2, 0.25) is 0 Å². The SMILES string of the molecule is c1cc(-c2ccccc2B2c3ccccc3Oc3ccccc32)cc(-n2c3ccccc3c3cc(-n4c5ccccc5c5ccccc54)ccc32)c1. The number of hydrogen-bond donors (Lipinski definition) is 0. The van der Waals surface area contributed by atoms with Crippen LogP contribution in [0.15, 0.2) is 188 Å². The molecule has 1 aliphatic rings. The summed E-state index contributed by atoms with van der Waals surface area (Å²) in [6, 6.07) is 67.9. The summed E-state index contributed by atoms with van der Waals surface area (Å²) in [4.78, 5) is 0. The van der Waals surface area contributed by atoms with Gasteiger partial charge in [-0.05, 0) is 82.7 Å². The molecular weight excluding hydrogens is 631 g/mol. The molecule has 0 fully saturated rings. The number of fused-ring (bicyclic) bond motifs is 8. The van der Waals surface area contributed by atoms with Crippen LogP contribution < -0.4 is 21.1 Å². The largest absolute Gasteiger partial charge is 0.458 e. The molecule has 52 heavy (non-hydrogen) atoms. The van der Waals surface area contributed by atoms with Crippen LogP contribution in [0, 0.1) is 0 Å². The van der Waals surface area contributed by atoms with Crippen molar-refractivity contribution in [3.05, 3.63) is 188 Å². The molecule has 242 valence electrons. The summed E-state index contributed by atoms with van der Waals surface area (Å²) in [6.07, 6.45) is 0. The van der Waals surface area contributed by atoms with Crippen molar-refractivity contribution in [2.45, 2.75) is 0 Å². The van der Waals surface area contributed by atoms with Crippen LogP contribution in [0.3, 0.4) is 0 Å². The van der Waals surface area contributed by atoms with Gasteiger partial charge in [0, 0.05) is 32.9 Å². The number of hydrogen-bond acceptors (Lipinski definition) is 1. The molecule has 3 nitrogen and oxygen atoms in total. The highest BCUT2D eigenvalue weighted by molar-refractivity contribution is 6.97. The van der Waals surface area contributed by atoms with E-state index in [1.807, 2.05) is 0 Å². The van der Waals surface area contributed by atoms with Gasteiger partial charge in [-0.1, -0.05) is 133 Å². The molecule has 0 radical (unpaired) electrons. The van der Waals surface area contributed by atoms with Crippen molar-refractivity contribution < 1.29 is 4.74 Å². The van der Waals surface area contributed by atoms with Gasteiger partial charge in [0.25, 0.3) is 6.71 Å². The molecule has 0 atom stereocenters. The van der Waals surface area contributed by atoms with Crippen molar-refractivity contribution in [1.29, 1.82) is 0 Å². The highest BCUT2D eigenvalue weighted by Gasteiger charge is 2.33. The number of benzene rings is 8. The minimum absolute atomic E-state index is 0.0496. The Kier molecular flexibility index (Phi) is 6.35. The number of aromatic nitrogens is 2. The monoisotopic (exact) mass is 662 g/mol. The van der Waals surface area contributed by atoms with Crippen LogP contribution >= 0.6 is 0 Å². The fourth-order valence-electron chi connectivity index (χ4n) is 8.65. The lowest BCUT2D eigenvalue weighted by Gasteiger charge is -2.28. The maximum Gasteiger partial charge on any atom is 0.251 e. The van der Waals surface area contributed by atoms with E-state index >= 15 is 0 Å². The van der Waals surface area contributed by atoms with Gasteiger partial charge < -0.3 is 13.9 Å². The number of nitrogens with zero attached hydrogens (tertiary/aromatic N) is 2. The third kappa shape index (κ3) is 4.28.